The molecule has 1 saturated heterocycles. The van der Waals surface area contributed by atoms with Gasteiger partial charge in [-0.25, -0.2) is 4.98 Å². The quantitative estimate of drug-likeness (QED) is 0.866. The van der Waals surface area contributed by atoms with Crippen LogP contribution in [0.2, 0.25) is 0 Å². The molecule has 0 amide bonds. The third-order valence-corrected chi connectivity index (χ3v) is 3.08. The number of nitrogens with zero attached hydrogens (tertiary/aromatic N) is 3. The number of hydrogen-bond acceptors (Lipinski definition) is 5. The number of piperidine rings is 1. The van der Waals surface area contributed by atoms with Crippen molar-refractivity contribution in [3.05, 3.63) is 11.8 Å². The van der Waals surface area contributed by atoms with Crippen molar-refractivity contribution in [3.8, 4) is 5.88 Å². The maximum absolute atomic E-state index is 11.0. The molecule has 0 aromatic carbocycles. The molecule has 2 rings (SSSR count). The van der Waals surface area contributed by atoms with Gasteiger partial charge in [0, 0.05) is 24.8 Å². The number of carbonyl (C=O) groups is 1. The number of aliphatic carboxylic acids is 1. The summed E-state index contributed by atoms with van der Waals surface area (Å²) in [6.07, 6.45) is 1.56. The second-order valence-corrected chi connectivity index (χ2v) is 4.48. The Balaban J connectivity index is 2.20. The largest absolute Gasteiger partial charge is 0.481 e. The fourth-order valence-electron chi connectivity index (χ4n) is 2.13. The van der Waals surface area contributed by atoms with E-state index in [2.05, 4.69) is 9.97 Å². The minimum atomic E-state index is -0.751. The van der Waals surface area contributed by atoms with Crippen LogP contribution in [0, 0.1) is 12.8 Å². The Morgan fingerprint density at radius 1 is 1.56 bits per heavy atom. The molecule has 1 N–H and O–H groups in total. The first-order valence-corrected chi connectivity index (χ1v) is 5.97. The number of methoxy groups -OCH3 is 1. The number of aromatic nitrogens is 2. The van der Waals surface area contributed by atoms with Gasteiger partial charge in [0.2, 0.25) is 11.8 Å². The average molecular weight is 251 g/mol. The van der Waals surface area contributed by atoms with E-state index in [1.165, 1.54) is 0 Å². The second-order valence-electron chi connectivity index (χ2n) is 4.48. The van der Waals surface area contributed by atoms with Gasteiger partial charge in [-0.2, -0.15) is 4.98 Å². The van der Waals surface area contributed by atoms with Gasteiger partial charge in [-0.15, -0.1) is 0 Å². The Kier molecular flexibility index (Phi) is 3.64. The predicted octanol–water partition coefficient (Wildman–Crippen LogP) is 1.09. The molecule has 1 aromatic heterocycles. The Labute approximate surface area is 106 Å². The van der Waals surface area contributed by atoms with Crippen LogP contribution in [0.5, 0.6) is 5.88 Å². The second kappa shape index (κ2) is 5.20. The highest BCUT2D eigenvalue weighted by Crippen LogP contribution is 2.22. The van der Waals surface area contributed by atoms with Crippen molar-refractivity contribution in [3.63, 3.8) is 0 Å². The number of ether oxygens (including phenoxy) is 1. The van der Waals surface area contributed by atoms with E-state index in [1.54, 1.807) is 13.2 Å². The van der Waals surface area contributed by atoms with Crippen molar-refractivity contribution in [1.29, 1.82) is 0 Å². The van der Waals surface area contributed by atoms with Gasteiger partial charge in [-0.05, 0) is 19.8 Å². The van der Waals surface area contributed by atoms with Crippen LogP contribution < -0.4 is 9.64 Å². The third-order valence-electron chi connectivity index (χ3n) is 3.08. The van der Waals surface area contributed by atoms with Gasteiger partial charge in [-0.3, -0.25) is 4.79 Å². The SMILES string of the molecule is COc1cc(C)nc(N2CCC[C@@H](C(=O)O)C2)n1. The Hall–Kier alpha value is -1.85. The average Bonchev–Trinajstić information content (AvgIpc) is 2.38. The fourth-order valence-corrected chi connectivity index (χ4v) is 2.13. The molecule has 1 aromatic rings. The number of carboxylic acid groups (broad SMARTS) is 1. The molecular formula is C12H17N3O3. The fraction of sp³-hybridized carbons (Fsp3) is 0.583. The van der Waals surface area contributed by atoms with Gasteiger partial charge in [0.25, 0.3) is 0 Å². The van der Waals surface area contributed by atoms with Crippen molar-refractivity contribution in [1.82, 2.24) is 9.97 Å². The van der Waals surface area contributed by atoms with Gasteiger partial charge in [0.15, 0.2) is 0 Å². The molecule has 0 radical (unpaired) electrons. The Morgan fingerprint density at radius 3 is 3.00 bits per heavy atom. The summed E-state index contributed by atoms with van der Waals surface area (Å²) in [5, 5.41) is 9.07. The summed E-state index contributed by atoms with van der Waals surface area (Å²) in [5.41, 5.74) is 0.814. The molecule has 18 heavy (non-hydrogen) atoms. The molecule has 6 nitrogen and oxygen atoms in total. The van der Waals surface area contributed by atoms with Crippen LogP contribution in [0.15, 0.2) is 6.07 Å². The van der Waals surface area contributed by atoms with E-state index in [-0.39, 0.29) is 5.92 Å². The summed E-state index contributed by atoms with van der Waals surface area (Å²) < 4.78 is 5.11. The predicted molar refractivity (Wildman–Crippen MR) is 65.9 cm³/mol. The van der Waals surface area contributed by atoms with E-state index in [1.807, 2.05) is 11.8 Å². The molecule has 0 saturated carbocycles. The number of hydrogen-bond donors (Lipinski definition) is 1. The molecule has 0 spiro atoms. The summed E-state index contributed by atoms with van der Waals surface area (Å²) in [5.74, 6) is -0.0269. The molecule has 2 heterocycles. The Morgan fingerprint density at radius 2 is 2.33 bits per heavy atom. The van der Waals surface area contributed by atoms with Crippen LogP contribution in [0.3, 0.4) is 0 Å². The number of anilines is 1. The van der Waals surface area contributed by atoms with Crippen LogP contribution in [-0.4, -0.2) is 41.2 Å². The zero-order valence-electron chi connectivity index (χ0n) is 10.6. The molecule has 0 bridgehead atoms. The summed E-state index contributed by atoms with van der Waals surface area (Å²) >= 11 is 0. The van der Waals surface area contributed by atoms with Gasteiger partial charge < -0.3 is 14.7 Å². The van der Waals surface area contributed by atoms with Crippen molar-refractivity contribution >= 4 is 11.9 Å². The first-order chi connectivity index (χ1) is 8.60. The summed E-state index contributed by atoms with van der Waals surface area (Å²) in [6, 6.07) is 1.75. The maximum Gasteiger partial charge on any atom is 0.308 e. The first kappa shape index (κ1) is 12.6. The van der Waals surface area contributed by atoms with Crippen molar-refractivity contribution in [2.24, 2.45) is 5.92 Å². The third kappa shape index (κ3) is 2.69. The normalized spacial score (nSPS) is 19.7. The lowest BCUT2D eigenvalue weighted by atomic mass is 9.99. The number of carboxylic acids is 1. The summed E-state index contributed by atoms with van der Waals surface area (Å²) in [6.45, 7) is 3.12. The molecule has 1 aliphatic heterocycles. The lowest BCUT2D eigenvalue weighted by molar-refractivity contribution is -0.141. The molecule has 0 aliphatic carbocycles. The monoisotopic (exact) mass is 251 g/mol. The van der Waals surface area contributed by atoms with Crippen LogP contribution in [-0.2, 0) is 4.79 Å². The van der Waals surface area contributed by atoms with Crippen LogP contribution in [0.1, 0.15) is 18.5 Å². The van der Waals surface area contributed by atoms with E-state index in [0.29, 0.717) is 18.4 Å². The Bertz CT molecular complexity index is 450. The first-order valence-electron chi connectivity index (χ1n) is 5.97. The lowest BCUT2D eigenvalue weighted by Gasteiger charge is -2.30. The van der Waals surface area contributed by atoms with Crippen molar-refractivity contribution < 1.29 is 14.6 Å². The zero-order chi connectivity index (χ0) is 13.1. The van der Waals surface area contributed by atoms with Crippen molar-refractivity contribution in [2.45, 2.75) is 19.8 Å². The standard InChI is InChI=1S/C12H17N3O3/c1-8-6-10(18-2)14-12(13-8)15-5-3-4-9(7-15)11(16)17/h6,9H,3-5,7H2,1-2H3,(H,16,17)/t9-/m1/s1. The van der Waals surface area contributed by atoms with Gasteiger partial charge in [0.1, 0.15) is 0 Å². The van der Waals surface area contributed by atoms with Crippen LogP contribution in [0.25, 0.3) is 0 Å². The summed E-state index contributed by atoms with van der Waals surface area (Å²) in [4.78, 5) is 21.6. The van der Waals surface area contributed by atoms with E-state index in [4.69, 9.17) is 9.84 Å². The van der Waals surface area contributed by atoms with Crippen LogP contribution >= 0.6 is 0 Å². The number of aryl methyl sites for hydroxylation is 1. The van der Waals surface area contributed by atoms with Gasteiger partial charge in [-0.1, -0.05) is 0 Å². The summed E-state index contributed by atoms with van der Waals surface area (Å²) in [7, 11) is 1.56. The zero-order valence-corrected chi connectivity index (χ0v) is 10.6. The maximum atomic E-state index is 11.0. The smallest absolute Gasteiger partial charge is 0.308 e. The molecule has 1 fully saturated rings. The topological polar surface area (TPSA) is 75.5 Å². The molecule has 98 valence electrons. The van der Waals surface area contributed by atoms with Crippen molar-refractivity contribution in [2.75, 3.05) is 25.1 Å². The molecule has 1 aliphatic rings. The highest BCUT2D eigenvalue weighted by Gasteiger charge is 2.27. The molecule has 6 heteroatoms. The highest BCUT2D eigenvalue weighted by molar-refractivity contribution is 5.71. The minimum Gasteiger partial charge on any atom is -0.481 e. The van der Waals surface area contributed by atoms with E-state index >= 15 is 0 Å². The number of rotatable bonds is 3. The van der Waals surface area contributed by atoms with Gasteiger partial charge >= 0.3 is 5.97 Å². The molecular weight excluding hydrogens is 234 g/mol. The highest BCUT2D eigenvalue weighted by atomic mass is 16.5. The molecule has 0 unspecified atom stereocenters. The van der Waals surface area contributed by atoms with Gasteiger partial charge in [0.05, 0.1) is 13.0 Å². The van der Waals surface area contributed by atoms with E-state index in [9.17, 15) is 4.79 Å². The van der Waals surface area contributed by atoms with E-state index < -0.39 is 5.97 Å². The van der Waals surface area contributed by atoms with Crippen LogP contribution in [0.4, 0.5) is 5.95 Å². The van der Waals surface area contributed by atoms with E-state index in [0.717, 1.165) is 25.1 Å². The minimum absolute atomic E-state index is 0.339. The lowest BCUT2D eigenvalue weighted by Crippen LogP contribution is -2.39. The molecule has 1 atom stereocenters.